The quantitative estimate of drug-likeness (QED) is 0.188. The van der Waals surface area contributed by atoms with E-state index in [1.165, 1.54) is 29.8 Å². The van der Waals surface area contributed by atoms with Gasteiger partial charge in [-0.25, -0.2) is 14.8 Å². The maximum absolute atomic E-state index is 13.4. The SMILES string of the molecule is Cc1cc(NC(=O)Nc2cc(C(F)(F)F)ccc2-c2cccnc2)cnc1Oc1ccc(-c2cnc(N3CCCC3=O)s2)cc1. The minimum absolute atomic E-state index is 0.0255. The number of alkyl halides is 3. The molecular formula is C32H25F3N6O3S. The second-order valence-corrected chi connectivity index (χ2v) is 11.2. The lowest BCUT2D eigenvalue weighted by atomic mass is 10.0. The number of halogens is 3. The lowest BCUT2D eigenvalue weighted by Gasteiger charge is -2.15. The van der Waals surface area contributed by atoms with Crippen LogP contribution >= 0.6 is 11.3 Å². The molecule has 9 nitrogen and oxygen atoms in total. The molecule has 5 aromatic rings. The number of urea groups is 1. The number of anilines is 3. The van der Waals surface area contributed by atoms with Crippen LogP contribution in [0.5, 0.6) is 11.6 Å². The zero-order valence-electron chi connectivity index (χ0n) is 23.8. The predicted molar refractivity (Wildman–Crippen MR) is 166 cm³/mol. The third kappa shape index (κ3) is 6.78. The Hall–Kier alpha value is -5.30. The van der Waals surface area contributed by atoms with Crippen LogP contribution in [-0.4, -0.2) is 33.4 Å². The molecule has 0 bridgehead atoms. The normalized spacial score (nSPS) is 13.2. The van der Waals surface area contributed by atoms with Crippen molar-refractivity contribution in [3.05, 3.63) is 96.6 Å². The lowest BCUT2D eigenvalue weighted by Crippen LogP contribution is -2.23. The van der Waals surface area contributed by atoms with Crippen LogP contribution in [0.15, 0.2) is 85.5 Å². The Labute approximate surface area is 259 Å². The number of aryl methyl sites for hydroxylation is 1. The molecule has 45 heavy (non-hydrogen) atoms. The number of thiazole rings is 1. The fourth-order valence-electron chi connectivity index (χ4n) is 4.79. The first-order valence-corrected chi connectivity index (χ1v) is 14.7. The number of amides is 3. The lowest BCUT2D eigenvalue weighted by molar-refractivity contribution is -0.137. The Balaban J connectivity index is 1.12. The minimum atomic E-state index is -4.59. The van der Waals surface area contributed by atoms with Crippen LogP contribution in [0.25, 0.3) is 21.6 Å². The van der Waals surface area contributed by atoms with Gasteiger partial charge in [0.05, 0.1) is 28.0 Å². The topological polar surface area (TPSA) is 109 Å². The molecule has 0 radical (unpaired) electrons. The molecule has 3 amide bonds. The molecule has 2 aromatic carbocycles. The van der Waals surface area contributed by atoms with Gasteiger partial charge in [-0.2, -0.15) is 13.2 Å². The Kier molecular flexibility index (Phi) is 8.18. The number of rotatable bonds is 7. The van der Waals surface area contributed by atoms with E-state index in [2.05, 4.69) is 25.6 Å². The second-order valence-electron chi connectivity index (χ2n) is 10.2. The molecule has 4 heterocycles. The van der Waals surface area contributed by atoms with Crippen molar-refractivity contribution in [3.8, 4) is 33.2 Å². The van der Waals surface area contributed by atoms with E-state index in [0.717, 1.165) is 29.0 Å². The molecule has 6 rings (SSSR count). The highest BCUT2D eigenvalue weighted by Gasteiger charge is 2.31. The zero-order valence-corrected chi connectivity index (χ0v) is 24.6. The highest BCUT2D eigenvalue weighted by Crippen LogP contribution is 2.37. The van der Waals surface area contributed by atoms with E-state index in [9.17, 15) is 22.8 Å². The van der Waals surface area contributed by atoms with Gasteiger partial charge >= 0.3 is 12.2 Å². The van der Waals surface area contributed by atoms with Crippen LogP contribution in [0, 0.1) is 6.92 Å². The number of hydrogen-bond donors (Lipinski definition) is 2. The molecule has 228 valence electrons. The maximum atomic E-state index is 13.4. The van der Waals surface area contributed by atoms with E-state index < -0.39 is 17.8 Å². The standard InChI is InChI=1S/C32H25F3N6O3S/c1-19-14-23(39-30(43)40-26-15-22(32(33,34)35)8-11-25(26)21-4-2-12-36-16-21)17-37-29(19)44-24-9-6-20(7-10-24)27-18-38-31(45-27)41-13-3-5-28(41)42/h2,4,6-12,14-18H,3,5,13H2,1H3,(H2,39,40,43). The molecule has 2 N–H and O–H groups in total. The number of nitrogens with zero attached hydrogens (tertiary/aromatic N) is 4. The third-order valence-electron chi connectivity index (χ3n) is 7.01. The van der Waals surface area contributed by atoms with Gasteiger partial charge in [0.1, 0.15) is 5.75 Å². The molecule has 1 saturated heterocycles. The van der Waals surface area contributed by atoms with Crippen molar-refractivity contribution in [2.24, 2.45) is 0 Å². The first kappa shape index (κ1) is 29.8. The summed E-state index contributed by atoms with van der Waals surface area (Å²) in [5.74, 6) is 0.952. The van der Waals surface area contributed by atoms with Gasteiger partial charge in [-0.05, 0) is 67.4 Å². The van der Waals surface area contributed by atoms with Gasteiger partial charge in [-0.1, -0.05) is 23.5 Å². The van der Waals surface area contributed by atoms with Crippen LogP contribution in [-0.2, 0) is 11.0 Å². The molecule has 0 saturated carbocycles. The van der Waals surface area contributed by atoms with Crippen molar-refractivity contribution >= 4 is 39.8 Å². The Morgan fingerprint density at radius 3 is 2.49 bits per heavy atom. The molecule has 0 spiro atoms. The van der Waals surface area contributed by atoms with Gasteiger partial charge in [0.2, 0.25) is 11.8 Å². The Morgan fingerprint density at radius 1 is 0.978 bits per heavy atom. The van der Waals surface area contributed by atoms with Crippen molar-refractivity contribution in [1.82, 2.24) is 15.0 Å². The fourth-order valence-corrected chi connectivity index (χ4v) is 5.76. The summed E-state index contributed by atoms with van der Waals surface area (Å²) in [7, 11) is 0. The molecule has 1 aliphatic rings. The molecule has 0 atom stereocenters. The summed E-state index contributed by atoms with van der Waals surface area (Å²) in [6, 6.07) is 14.7. The molecular weight excluding hydrogens is 605 g/mol. The van der Waals surface area contributed by atoms with Gasteiger partial charge in [0.15, 0.2) is 5.13 Å². The Morgan fingerprint density at radius 2 is 1.80 bits per heavy atom. The third-order valence-corrected chi connectivity index (χ3v) is 8.08. The molecule has 13 heteroatoms. The summed E-state index contributed by atoms with van der Waals surface area (Å²) in [5, 5.41) is 5.83. The van der Waals surface area contributed by atoms with Crippen LogP contribution in [0.4, 0.5) is 34.5 Å². The average Bonchev–Trinajstić information content (AvgIpc) is 3.68. The molecule has 1 aliphatic heterocycles. The van der Waals surface area contributed by atoms with Crippen molar-refractivity contribution in [1.29, 1.82) is 0 Å². The number of benzene rings is 2. The van der Waals surface area contributed by atoms with Gasteiger partial charge in [-0.15, -0.1) is 0 Å². The van der Waals surface area contributed by atoms with Crippen LogP contribution < -0.4 is 20.3 Å². The number of carbonyl (C=O) groups is 2. The Bertz CT molecular complexity index is 1860. The smallest absolute Gasteiger partial charge is 0.416 e. The second kappa shape index (κ2) is 12.4. The monoisotopic (exact) mass is 630 g/mol. The molecule has 1 fully saturated rings. The largest absolute Gasteiger partial charge is 0.439 e. The van der Waals surface area contributed by atoms with Gasteiger partial charge < -0.3 is 15.4 Å². The van der Waals surface area contributed by atoms with Gasteiger partial charge in [0.25, 0.3) is 0 Å². The highest BCUT2D eigenvalue weighted by molar-refractivity contribution is 7.19. The van der Waals surface area contributed by atoms with Crippen LogP contribution in [0.1, 0.15) is 24.0 Å². The highest BCUT2D eigenvalue weighted by atomic mass is 32.1. The first-order chi connectivity index (χ1) is 21.6. The molecule has 0 aliphatic carbocycles. The number of hydrogen-bond acceptors (Lipinski definition) is 7. The van der Waals surface area contributed by atoms with Crippen LogP contribution in [0.2, 0.25) is 0 Å². The first-order valence-electron chi connectivity index (χ1n) is 13.8. The van der Waals surface area contributed by atoms with E-state index in [1.807, 2.05) is 12.1 Å². The van der Waals surface area contributed by atoms with E-state index >= 15 is 0 Å². The van der Waals surface area contributed by atoms with Crippen molar-refractivity contribution in [2.75, 3.05) is 22.1 Å². The zero-order chi connectivity index (χ0) is 31.6. The van der Waals surface area contributed by atoms with Gasteiger partial charge in [0, 0.05) is 48.2 Å². The number of pyridine rings is 2. The average molecular weight is 631 g/mol. The summed E-state index contributed by atoms with van der Waals surface area (Å²) >= 11 is 1.46. The molecule has 0 unspecified atom stereocenters. The number of aromatic nitrogens is 3. The number of carbonyl (C=O) groups excluding carboxylic acids is 2. The maximum Gasteiger partial charge on any atom is 0.416 e. The fraction of sp³-hybridized carbons (Fsp3) is 0.156. The van der Waals surface area contributed by atoms with Crippen molar-refractivity contribution in [3.63, 3.8) is 0 Å². The van der Waals surface area contributed by atoms with Crippen molar-refractivity contribution in [2.45, 2.75) is 25.9 Å². The summed E-state index contributed by atoms with van der Waals surface area (Å²) in [6.07, 6.45) is 2.99. The van der Waals surface area contributed by atoms with E-state index in [4.69, 9.17) is 4.74 Å². The van der Waals surface area contributed by atoms with Crippen LogP contribution in [0.3, 0.4) is 0 Å². The summed E-state index contributed by atoms with van der Waals surface area (Å²) < 4.78 is 46.2. The van der Waals surface area contributed by atoms with Gasteiger partial charge in [-0.3, -0.25) is 14.7 Å². The summed E-state index contributed by atoms with van der Waals surface area (Å²) in [4.78, 5) is 40.3. The summed E-state index contributed by atoms with van der Waals surface area (Å²) in [5.41, 5.74) is 1.88. The van der Waals surface area contributed by atoms with Crippen molar-refractivity contribution < 1.29 is 27.5 Å². The predicted octanol–water partition coefficient (Wildman–Crippen LogP) is 8.16. The van der Waals surface area contributed by atoms with E-state index in [-0.39, 0.29) is 11.6 Å². The number of ether oxygens (including phenoxy) is 1. The number of nitrogens with one attached hydrogen (secondary N) is 2. The van der Waals surface area contributed by atoms with E-state index in [0.29, 0.717) is 52.1 Å². The van der Waals surface area contributed by atoms with E-state index in [1.54, 1.807) is 54.5 Å². The molecule has 3 aromatic heterocycles. The summed E-state index contributed by atoms with van der Waals surface area (Å²) in [6.45, 7) is 2.44. The minimum Gasteiger partial charge on any atom is -0.439 e.